The van der Waals surface area contributed by atoms with Gasteiger partial charge in [0, 0.05) is 33.3 Å². The van der Waals surface area contributed by atoms with E-state index < -0.39 is 8.32 Å². The van der Waals surface area contributed by atoms with E-state index in [1.165, 1.54) is 31.0 Å². The monoisotopic (exact) mass is 260 g/mol. The van der Waals surface area contributed by atoms with Crippen molar-refractivity contribution in [2.24, 2.45) is 0 Å². The highest BCUT2D eigenvalue weighted by atomic mass is 28.4. The van der Waals surface area contributed by atoms with Crippen molar-refractivity contribution in [3.63, 3.8) is 0 Å². The molecule has 0 atom stereocenters. The van der Waals surface area contributed by atoms with Crippen LogP contribution >= 0.6 is 0 Å². The van der Waals surface area contributed by atoms with Crippen molar-refractivity contribution in [2.75, 3.05) is 33.3 Å². The fraction of sp³-hybridized carbons (Fsp3) is 1.00. The number of piperazine rings is 1. The second kappa shape index (κ2) is 11.2. The van der Waals surface area contributed by atoms with Gasteiger partial charge in [0.1, 0.15) is 0 Å². The minimum atomic E-state index is -1.24. The molecule has 17 heavy (non-hydrogen) atoms. The van der Waals surface area contributed by atoms with E-state index in [2.05, 4.69) is 31.4 Å². The van der Waals surface area contributed by atoms with Crippen molar-refractivity contribution in [1.82, 2.24) is 10.6 Å². The molecule has 0 unspecified atom stereocenters. The van der Waals surface area contributed by atoms with Gasteiger partial charge in [-0.05, 0) is 18.1 Å². The highest BCUT2D eigenvalue weighted by Crippen LogP contribution is 2.24. The summed E-state index contributed by atoms with van der Waals surface area (Å²) in [6.45, 7) is 11.3. The van der Waals surface area contributed by atoms with Crippen molar-refractivity contribution in [3.8, 4) is 0 Å². The van der Waals surface area contributed by atoms with Gasteiger partial charge in [-0.3, -0.25) is 0 Å². The van der Waals surface area contributed by atoms with E-state index in [-0.39, 0.29) is 0 Å². The molecule has 1 heterocycles. The lowest BCUT2D eigenvalue weighted by molar-refractivity contribution is 0.388. The largest absolute Gasteiger partial charge is 0.420 e. The second-order valence-corrected chi connectivity index (χ2v) is 9.22. The van der Waals surface area contributed by atoms with Crippen molar-refractivity contribution in [3.05, 3.63) is 0 Å². The maximum absolute atomic E-state index is 5.71. The van der Waals surface area contributed by atoms with Crippen LogP contribution < -0.4 is 10.6 Å². The standard InChI is InChI=1S/C9H22OSi.C4H10N2/c1-5-8-11(7-3,10-4)9-6-2;1-2-6-4-3-5-1/h5-9H2,1-4H3;5-6H,1-4H2. The average molecular weight is 260 g/mol. The van der Waals surface area contributed by atoms with Crippen LogP contribution in [-0.2, 0) is 4.43 Å². The van der Waals surface area contributed by atoms with Crippen LogP contribution in [0.2, 0.25) is 18.1 Å². The molecular formula is C13H32N2OSi. The summed E-state index contributed by atoms with van der Waals surface area (Å²) in [6.07, 6.45) is 2.57. The van der Waals surface area contributed by atoms with Gasteiger partial charge in [0.05, 0.1) is 0 Å². The molecule has 0 spiro atoms. The molecule has 1 rings (SSSR count). The minimum Gasteiger partial charge on any atom is -0.420 e. The van der Waals surface area contributed by atoms with Gasteiger partial charge >= 0.3 is 0 Å². The molecule has 1 aliphatic heterocycles. The van der Waals surface area contributed by atoms with E-state index in [1.54, 1.807) is 0 Å². The molecule has 0 aliphatic carbocycles. The van der Waals surface area contributed by atoms with Crippen LogP contribution in [0.3, 0.4) is 0 Å². The summed E-state index contributed by atoms with van der Waals surface area (Å²) in [5.74, 6) is 0. The summed E-state index contributed by atoms with van der Waals surface area (Å²) in [7, 11) is 0.660. The summed E-state index contributed by atoms with van der Waals surface area (Å²) >= 11 is 0. The van der Waals surface area contributed by atoms with Crippen molar-refractivity contribution in [1.29, 1.82) is 0 Å². The Morgan fingerprint density at radius 1 is 0.882 bits per heavy atom. The van der Waals surface area contributed by atoms with Gasteiger partial charge in [0.2, 0.25) is 0 Å². The molecule has 0 radical (unpaired) electrons. The van der Waals surface area contributed by atoms with Crippen molar-refractivity contribution in [2.45, 2.75) is 51.7 Å². The van der Waals surface area contributed by atoms with Gasteiger partial charge in [0.25, 0.3) is 0 Å². The maximum Gasteiger partial charge on any atom is 0.191 e. The Balaban J connectivity index is 0.000000354. The Morgan fingerprint density at radius 3 is 1.47 bits per heavy atom. The van der Waals surface area contributed by atoms with Crippen LogP contribution in [0.5, 0.6) is 0 Å². The highest BCUT2D eigenvalue weighted by molar-refractivity contribution is 6.73. The fourth-order valence-corrected chi connectivity index (χ4v) is 5.82. The molecule has 0 amide bonds. The SMILES string of the molecule is C1CNCCN1.CCC[Si](CC)(CCC)OC. The zero-order valence-electron chi connectivity index (χ0n) is 12.3. The Labute approximate surface area is 109 Å². The third-order valence-corrected chi connectivity index (χ3v) is 8.42. The van der Waals surface area contributed by atoms with Crippen LogP contribution in [0.1, 0.15) is 33.6 Å². The molecule has 1 aliphatic rings. The first-order valence-corrected chi connectivity index (χ1v) is 9.74. The van der Waals surface area contributed by atoms with Crippen LogP contribution in [-0.4, -0.2) is 41.6 Å². The molecule has 2 N–H and O–H groups in total. The molecule has 0 aromatic rings. The number of rotatable bonds is 6. The van der Waals surface area contributed by atoms with Crippen LogP contribution in [0.4, 0.5) is 0 Å². The molecule has 104 valence electrons. The molecule has 0 bridgehead atoms. The third kappa shape index (κ3) is 7.92. The van der Waals surface area contributed by atoms with Gasteiger partial charge in [-0.25, -0.2) is 0 Å². The molecule has 1 saturated heterocycles. The van der Waals surface area contributed by atoms with E-state index in [4.69, 9.17) is 4.43 Å². The molecule has 0 aromatic carbocycles. The van der Waals surface area contributed by atoms with Crippen LogP contribution in [0.15, 0.2) is 0 Å². The van der Waals surface area contributed by atoms with Gasteiger partial charge in [0.15, 0.2) is 8.32 Å². The quantitative estimate of drug-likeness (QED) is 0.720. The number of hydrogen-bond acceptors (Lipinski definition) is 3. The molecule has 3 nitrogen and oxygen atoms in total. The lowest BCUT2D eigenvalue weighted by atomic mass is 10.4. The maximum atomic E-state index is 5.71. The third-order valence-electron chi connectivity index (χ3n) is 3.45. The zero-order chi connectivity index (χ0) is 13.0. The van der Waals surface area contributed by atoms with E-state index >= 15 is 0 Å². The summed E-state index contributed by atoms with van der Waals surface area (Å²) in [4.78, 5) is 0. The van der Waals surface area contributed by atoms with Crippen LogP contribution in [0, 0.1) is 0 Å². The number of nitrogens with one attached hydrogen (secondary N) is 2. The second-order valence-electron chi connectivity index (χ2n) is 4.74. The van der Waals surface area contributed by atoms with Crippen LogP contribution in [0.25, 0.3) is 0 Å². The molecule has 4 heteroatoms. The first kappa shape index (κ1) is 17.1. The van der Waals surface area contributed by atoms with Gasteiger partial charge < -0.3 is 15.1 Å². The van der Waals surface area contributed by atoms with Gasteiger partial charge in [-0.2, -0.15) is 0 Å². The summed E-state index contributed by atoms with van der Waals surface area (Å²) in [5.41, 5.74) is 0. The Morgan fingerprint density at radius 2 is 1.29 bits per heavy atom. The topological polar surface area (TPSA) is 33.3 Å². The lowest BCUT2D eigenvalue weighted by Gasteiger charge is -2.27. The van der Waals surface area contributed by atoms with Gasteiger partial charge in [-0.15, -0.1) is 0 Å². The van der Waals surface area contributed by atoms with E-state index in [0.717, 1.165) is 26.2 Å². The van der Waals surface area contributed by atoms with E-state index in [9.17, 15) is 0 Å². The lowest BCUT2D eigenvalue weighted by Crippen LogP contribution is -2.39. The summed E-state index contributed by atoms with van der Waals surface area (Å²) in [6, 6.07) is 3.97. The summed E-state index contributed by atoms with van der Waals surface area (Å²) in [5, 5.41) is 6.44. The Bertz CT molecular complexity index is 140. The number of hydrogen-bond donors (Lipinski definition) is 2. The van der Waals surface area contributed by atoms with E-state index in [1.807, 2.05) is 7.11 Å². The smallest absolute Gasteiger partial charge is 0.191 e. The van der Waals surface area contributed by atoms with Crippen molar-refractivity contribution < 1.29 is 4.43 Å². The first-order chi connectivity index (χ1) is 8.24. The fourth-order valence-electron chi connectivity index (χ4n) is 2.34. The molecular weight excluding hydrogens is 228 g/mol. The predicted molar refractivity (Wildman–Crippen MR) is 79.2 cm³/mol. The zero-order valence-corrected chi connectivity index (χ0v) is 13.3. The molecule has 1 fully saturated rings. The Kier molecular flexibility index (Phi) is 11.3. The molecule has 0 aromatic heterocycles. The normalized spacial score (nSPS) is 16.2. The molecule has 0 saturated carbocycles. The Hall–Kier alpha value is 0.0969. The first-order valence-electron chi connectivity index (χ1n) is 7.21. The average Bonchev–Trinajstić information content (AvgIpc) is 2.41. The predicted octanol–water partition coefficient (Wildman–Crippen LogP) is 2.60. The van der Waals surface area contributed by atoms with Gasteiger partial charge in [-0.1, -0.05) is 33.6 Å². The highest BCUT2D eigenvalue weighted by Gasteiger charge is 2.29. The minimum absolute atomic E-state index is 1.14. The summed E-state index contributed by atoms with van der Waals surface area (Å²) < 4.78 is 5.71. The van der Waals surface area contributed by atoms with Crippen molar-refractivity contribution >= 4 is 8.32 Å². The van der Waals surface area contributed by atoms with E-state index in [0.29, 0.717) is 0 Å².